The molecule has 2 heterocycles. The van der Waals surface area contributed by atoms with E-state index in [-0.39, 0.29) is 12.5 Å². The maximum atomic E-state index is 10.9. The number of aryl methyl sites for hydroxylation is 2. The first-order valence-corrected chi connectivity index (χ1v) is 7.82. The van der Waals surface area contributed by atoms with Crippen LogP contribution < -0.4 is 0 Å². The summed E-state index contributed by atoms with van der Waals surface area (Å²) in [4.78, 5) is 13.2. The van der Waals surface area contributed by atoms with Gasteiger partial charge in [-0.3, -0.25) is 14.4 Å². The number of carboxylic acid groups (broad SMARTS) is 1. The van der Waals surface area contributed by atoms with Gasteiger partial charge in [-0.2, -0.15) is 16.9 Å². The van der Waals surface area contributed by atoms with Gasteiger partial charge in [0.25, 0.3) is 0 Å². The summed E-state index contributed by atoms with van der Waals surface area (Å²) >= 11 is 1.85. The molecule has 0 saturated carbocycles. The zero-order valence-electron chi connectivity index (χ0n) is 11.5. The Hall–Kier alpha value is -1.01. The van der Waals surface area contributed by atoms with Crippen molar-refractivity contribution in [2.75, 3.05) is 18.1 Å². The number of carbonyl (C=O) groups is 1. The van der Waals surface area contributed by atoms with Gasteiger partial charge in [0.05, 0.1) is 17.8 Å². The SMILES string of the molecule is CCn1nc(C)cc1CN1CCSCC1CC(=O)O. The van der Waals surface area contributed by atoms with Gasteiger partial charge in [0, 0.05) is 37.2 Å². The van der Waals surface area contributed by atoms with Crippen molar-refractivity contribution in [2.45, 2.75) is 39.4 Å². The smallest absolute Gasteiger partial charge is 0.304 e. The highest BCUT2D eigenvalue weighted by molar-refractivity contribution is 7.99. The van der Waals surface area contributed by atoms with E-state index in [1.807, 2.05) is 23.4 Å². The van der Waals surface area contributed by atoms with Crippen LogP contribution in [-0.2, 0) is 17.9 Å². The number of rotatable bonds is 5. The molecule has 0 bridgehead atoms. The number of carboxylic acids is 1. The standard InChI is InChI=1S/C13H21N3O2S/c1-3-16-11(6-10(2)14-16)8-15-4-5-19-9-12(15)7-13(17)18/h6,12H,3-5,7-9H2,1-2H3,(H,17,18). The number of aromatic nitrogens is 2. The van der Waals surface area contributed by atoms with E-state index < -0.39 is 5.97 Å². The molecule has 19 heavy (non-hydrogen) atoms. The summed E-state index contributed by atoms with van der Waals surface area (Å²) in [5.74, 6) is 1.28. The van der Waals surface area contributed by atoms with Crippen LogP contribution in [0.2, 0.25) is 0 Å². The van der Waals surface area contributed by atoms with Gasteiger partial charge in [-0.05, 0) is 19.9 Å². The predicted octanol–water partition coefficient (Wildman–Crippen LogP) is 1.60. The molecule has 6 heteroatoms. The Bertz CT molecular complexity index is 447. The van der Waals surface area contributed by atoms with Crippen LogP contribution in [0.5, 0.6) is 0 Å². The summed E-state index contributed by atoms with van der Waals surface area (Å²) < 4.78 is 2.01. The molecule has 1 aliphatic rings. The number of hydrogen-bond donors (Lipinski definition) is 1. The maximum absolute atomic E-state index is 10.9. The molecule has 5 nitrogen and oxygen atoms in total. The van der Waals surface area contributed by atoms with Crippen LogP contribution in [0, 0.1) is 6.92 Å². The van der Waals surface area contributed by atoms with Crippen molar-refractivity contribution in [2.24, 2.45) is 0 Å². The topological polar surface area (TPSA) is 58.4 Å². The third-order valence-electron chi connectivity index (χ3n) is 3.41. The van der Waals surface area contributed by atoms with Crippen LogP contribution in [-0.4, -0.2) is 49.8 Å². The molecule has 0 spiro atoms. The van der Waals surface area contributed by atoms with Crippen molar-refractivity contribution in [3.63, 3.8) is 0 Å². The first kappa shape index (κ1) is 14.4. The lowest BCUT2D eigenvalue weighted by molar-refractivity contribution is -0.138. The number of aliphatic carboxylic acids is 1. The predicted molar refractivity (Wildman–Crippen MR) is 76.4 cm³/mol. The summed E-state index contributed by atoms with van der Waals surface area (Å²) in [6.07, 6.45) is 0.228. The number of thioether (sulfide) groups is 1. The molecule has 0 amide bonds. The van der Waals surface area contributed by atoms with Crippen molar-refractivity contribution in [1.29, 1.82) is 0 Å². The molecule has 1 atom stereocenters. The lowest BCUT2D eigenvalue weighted by atomic mass is 10.2. The van der Waals surface area contributed by atoms with E-state index >= 15 is 0 Å². The van der Waals surface area contributed by atoms with E-state index in [0.717, 1.165) is 36.8 Å². The summed E-state index contributed by atoms with van der Waals surface area (Å²) in [5, 5.41) is 13.5. The first-order valence-electron chi connectivity index (χ1n) is 6.67. The Balaban J connectivity index is 2.08. The molecule has 1 aromatic heterocycles. The molecule has 1 unspecified atom stereocenters. The minimum absolute atomic E-state index is 0.136. The highest BCUT2D eigenvalue weighted by Gasteiger charge is 2.25. The third-order valence-corrected chi connectivity index (χ3v) is 4.50. The van der Waals surface area contributed by atoms with Gasteiger partial charge in [-0.25, -0.2) is 0 Å². The zero-order valence-corrected chi connectivity index (χ0v) is 12.3. The van der Waals surface area contributed by atoms with Crippen LogP contribution in [0.25, 0.3) is 0 Å². The Kier molecular flexibility index (Phi) is 4.87. The summed E-state index contributed by atoms with van der Waals surface area (Å²) in [6, 6.07) is 2.24. The molecule has 1 fully saturated rings. The Labute approximate surface area is 118 Å². The second-order valence-electron chi connectivity index (χ2n) is 4.89. The average Bonchev–Trinajstić information content (AvgIpc) is 2.71. The minimum Gasteiger partial charge on any atom is -0.481 e. The molecule has 1 aliphatic heterocycles. The summed E-state index contributed by atoms with van der Waals surface area (Å²) in [6.45, 7) is 6.69. The van der Waals surface area contributed by atoms with Crippen LogP contribution in [0.4, 0.5) is 0 Å². The van der Waals surface area contributed by atoms with Crippen LogP contribution in [0.1, 0.15) is 24.7 Å². The zero-order chi connectivity index (χ0) is 13.8. The van der Waals surface area contributed by atoms with Gasteiger partial charge < -0.3 is 5.11 Å². The van der Waals surface area contributed by atoms with E-state index in [1.54, 1.807) is 0 Å². The highest BCUT2D eigenvalue weighted by atomic mass is 32.2. The van der Waals surface area contributed by atoms with Gasteiger partial charge in [-0.15, -0.1) is 0 Å². The first-order chi connectivity index (χ1) is 9.10. The molecule has 0 radical (unpaired) electrons. The fourth-order valence-corrected chi connectivity index (χ4v) is 3.63. The van der Waals surface area contributed by atoms with Crippen molar-refractivity contribution >= 4 is 17.7 Å². The van der Waals surface area contributed by atoms with Gasteiger partial charge >= 0.3 is 5.97 Å². The average molecular weight is 283 g/mol. The Morgan fingerprint density at radius 2 is 2.42 bits per heavy atom. The molecule has 1 N–H and O–H groups in total. The number of hydrogen-bond acceptors (Lipinski definition) is 4. The van der Waals surface area contributed by atoms with Crippen LogP contribution in [0.15, 0.2) is 6.07 Å². The molecule has 2 rings (SSSR count). The van der Waals surface area contributed by atoms with E-state index in [2.05, 4.69) is 23.0 Å². The molecular formula is C13H21N3O2S. The van der Waals surface area contributed by atoms with Gasteiger partial charge in [-0.1, -0.05) is 0 Å². The molecule has 1 saturated heterocycles. The van der Waals surface area contributed by atoms with Gasteiger partial charge in [0.2, 0.25) is 0 Å². The number of nitrogens with zero attached hydrogens (tertiary/aromatic N) is 3. The second kappa shape index (κ2) is 6.43. The summed E-state index contributed by atoms with van der Waals surface area (Å²) in [5.41, 5.74) is 2.21. The van der Waals surface area contributed by atoms with E-state index in [4.69, 9.17) is 5.11 Å². The largest absolute Gasteiger partial charge is 0.481 e. The van der Waals surface area contributed by atoms with Crippen LogP contribution >= 0.6 is 11.8 Å². The van der Waals surface area contributed by atoms with E-state index in [9.17, 15) is 4.79 Å². The van der Waals surface area contributed by atoms with Gasteiger partial charge in [0.15, 0.2) is 0 Å². The molecule has 0 aromatic carbocycles. The van der Waals surface area contributed by atoms with Crippen molar-refractivity contribution in [3.8, 4) is 0 Å². The van der Waals surface area contributed by atoms with Crippen molar-refractivity contribution in [1.82, 2.24) is 14.7 Å². The fraction of sp³-hybridized carbons (Fsp3) is 0.692. The highest BCUT2D eigenvalue weighted by Crippen LogP contribution is 2.21. The maximum Gasteiger partial charge on any atom is 0.304 e. The Morgan fingerprint density at radius 3 is 3.11 bits per heavy atom. The third kappa shape index (κ3) is 3.73. The van der Waals surface area contributed by atoms with Gasteiger partial charge in [0.1, 0.15) is 0 Å². The Morgan fingerprint density at radius 1 is 1.63 bits per heavy atom. The molecule has 106 valence electrons. The van der Waals surface area contributed by atoms with E-state index in [1.165, 1.54) is 5.69 Å². The lowest BCUT2D eigenvalue weighted by Crippen LogP contribution is -2.43. The normalized spacial score (nSPS) is 20.6. The fourth-order valence-electron chi connectivity index (χ4n) is 2.50. The van der Waals surface area contributed by atoms with Crippen LogP contribution in [0.3, 0.4) is 0 Å². The molecule has 0 aliphatic carbocycles. The van der Waals surface area contributed by atoms with Crippen molar-refractivity contribution < 1.29 is 9.90 Å². The monoisotopic (exact) mass is 283 g/mol. The quantitative estimate of drug-likeness (QED) is 0.889. The minimum atomic E-state index is -0.710. The van der Waals surface area contributed by atoms with E-state index in [0.29, 0.717) is 0 Å². The summed E-state index contributed by atoms with van der Waals surface area (Å²) in [7, 11) is 0. The molecular weight excluding hydrogens is 262 g/mol. The molecule has 1 aromatic rings. The van der Waals surface area contributed by atoms with Crippen molar-refractivity contribution in [3.05, 3.63) is 17.5 Å². The lowest BCUT2D eigenvalue weighted by Gasteiger charge is -2.34. The second-order valence-corrected chi connectivity index (χ2v) is 6.04.